The molecule has 0 aliphatic carbocycles. The topological polar surface area (TPSA) is 47.6 Å². The van der Waals surface area contributed by atoms with Crippen molar-refractivity contribution in [3.05, 3.63) is 23.8 Å². The Kier molecular flexibility index (Phi) is 4.07. The van der Waals surface area contributed by atoms with Gasteiger partial charge in [-0.15, -0.1) is 0 Å². The zero-order valence-corrected chi connectivity index (χ0v) is 10.9. The molecule has 0 saturated heterocycles. The summed E-state index contributed by atoms with van der Waals surface area (Å²) in [4.78, 5) is 11.7. The normalized spacial score (nSPS) is 18.2. The summed E-state index contributed by atoms with van der Waals surface area (Å²) in [6, 6.07) is 5.97. The predicted octanol–water partition coefficient (Wildman–Crippen LogP) is 2.23. The fraction of sp³-hybridized carbons (Fsp3) is 0.500. The second kappa shape index (κ2) is 5.76. The van der Waals surface area contributed by atoms with Gasteiger partial charge in [-0.2, -0.15) is 0 Å². The van der Waals surface area contributed by atoms with Crippen molar-refractivity contribution >= 4 is 11.7 Å². The molecule has 1 aliphatic rings. The second-order valence-corrected chi connectivity index (χ2v) is 4.39. The van der Waals surface area contributed by atoms with Crippen LogP contribution < -0.4 is 10.1 Å². The molecule has 0 bridgehead atoms. The molecule has 1 N–H and O–H groups in total. The van der Waals surface area contributed by atoms with E-state index in [0.717, 1.165) is 24.3 Å². The third-order valence-electron chi connectivity index (χ3n) is 3.24. The van der Waals surface area contributed by atoms with Gasteiger partial charge in [0.05, 0.1) is 19.6 Å². The van der Waals surface area contributed by atoms with E-state index in [0.29, 0.717) is 13.2 Å². The van der Waals surface area contributed by atoms with Gasteiger partial charge in [-0.1, -0.05) is 6.07 Å². The van der Waals surface area contributed by atoms with Crippen LogP contribution in [0.1, 0.15) is 18.9 Å². The number of carbonyl (C=O) groups excluding carboxylic acids is 1. The van der Waals surface area contributed by atoms with Gasteiger partial charge < -0.3 is 14.8 Å². The lowest BCUT2D eigenvalue weighted by molar-refractivity contribution is -0.147. The third kappa shape index (κ3) is 2.75. The third-order valence-corrected chi connectivity index (χ3v) is 3.24. The maximum atomic E-state index is 11.7. The first-order valence-electron chi connectivity index (χ1n) is 6.32. The minimum atomic E-state index is -0.107. The van der Waals surface area contributed by atoms with Crippen LogP contribution in [0.4, 0.5) is 5.69 Å². The van der Waals surface area contributed by atoms with Crippen LogP contribution in [0.25, 0.3) is 0 Å². The number of hydrogen-bond donors (Lipinski definition) is 1. The molecule has 1 aromatic carbocycles. The Morgan fingerprint density at radius 1 is 1.50 bits per heavy atom. The molecule has 0 radical (unpaired) electrons. The van der Waals surface area contributed by atoms with E-state index in [2.05, 4.69) is 11.4 Å². The number of rotatable bonds is 3. The Bertz CT molecular complexity index is 431. The van der Waals surface area contributed by atoms with Crippen LogP contribution in [0.15, 0.2) is 18.2 Å². The quantitative estimate of drug-likeness (QED) is 0.834. The van der Waals surface area contributed by atoms with E-state index in [1.54, 1.807) is 7.11 Å². The molecule has 0 saturated carbocycles. The summed E-state index contributed by atoms with van der Waals surface area (Å²) in [5.41, 5.74) is 2.28. The molecule has 1 aliphatic heterocycles. The number of nitrogens with one attached hydrogen (secondary N) is 1. The van der Waals surface area contributed by atoms with Crippen molar-refractivity contribution in [1.82, 2.24) is 0 Å². The summed E-state index contributed by atoms with van der Waals surface area (Å²) < 4.78 is 10.3. The molecule has 2 rings (SSSR count). The maximum absolute atomic E-state index is 11.7. The van der Waals surface area contributed by atoms with Gasteiger partial charge in [-0.25, -0.2) is 0 Å². The zero-order chi connectivity index (χ0) is 13.0. The zero-order valence-electron chi connectivity index (χ0n) is 10.9. The number of ether oxygens (including phenoxy) is 2. The summed E-state index contributed by atoms with van der Waals surface area (Å²) in [5, 5.41) is 3.31. The molecule has 0 fully saturated rings. The highest BCUT2D eigenvalue weighted by Crippen LogP contribution is 2.28. The van der Waals surface area contributed by atoms with E-state index >= 15 is 0 Å². The molecule has 1 aromatic rings. The van der Waals surface area contributed by atoms with Crippen LogP contribution in [-0.2, 0) is 16.0 Å². The molecule has 1 unspecified atom stereocenters. The van der Waals surface area contributed by atoms with Gasteiger partial charge in [0.15, 0.2) is 0 Å². The number of hydrogen-bond acceptors (Lipinski definition) is 4. The van der Waals surface area contributed by atoms with E-state index in [4.69, 9.17) is 9.47 Å². The van der Waals surface area contributed by atoms with Gasteiger partial charge in [-0.05, 0) is 31.4 Å². The highest BCUT2D eigenvalue weighted by atomic mass is 16.5. The highest BCUT2D eigenvalue weighted by Gasteiger charge is 2.23. The van der Waals surface area contributed by atoms with Crippen LogP contribution in [0.5, 0.6) is 5.75 Å². The van der Waals surface area contributed by atoms with E-state index in [-0.39, 0.29) is 11.9 Å². The number of benzene rings is 1. The van der Waals surface area contributed by atoms with Crippen molar-refractivity contribution in [2.24, 2.45) is 5.92 Å². The summed E-state index contributed by atoms with van der Waals surface area (Å²) in [6.07, 6.45) is 1.71. The number of aryl methyl sites for hydroxylation is 1. The van der Waals surface area contributed by atoms with Gasteiger partial charge in [0.2, 0.25) is 0 Å². The minimum absolute atomic E-state index is 0.0663. The SMILES string of the molecule is CCOC(=O)C1CCc2ccc(OC)cc2NC1. The van der Waals surface area contributed by atoms with E-state index in [1.165, 1.54) is 5.56 Å². The van der Waals surface area contributed by atoms with Crippen molar-refractivity contribution in [2.45, 2.75) is 19.8 Å². The highest BCUT2D eigenvalue weighted by molar-refractivity contribution is 5.74. The molecule has 98 valence electrons. The average molecular weight is 249 g/mol. The van der Waals surface area contributed by atoms with Gasteiger partial charge in [-0.3, -0.25) is 4.79 Å². The smallest absolute Gasteiger partial charge is 0.310 e. The molecule has 0 aromatic heterocycles. The lowest BCUT2D eigenvalue weighted by atomic mass is 10.0. The van der Waals surface area contributed by atoms with Crippen LogP contribution in [0.3, 0.4) is 0 Å². The predicted molar refractivity (Wildman–Crippen MR) is 69.9 cm³/mol. The molecule has 18 heavy (non-hydrogen) atoms. The Balaban J connectivity index is 2.09. The van der Waals surface area contributed by atoms with Crippen LogP contribution in [0, 0.1) is 5.92 Å². The van der Waals surface area contributed by atoms with Crippen molar-refractivity contribution in [3.63, 3.8) is 0 Å². The monoisotopic (exact) mass is 249 g/mol. The number of methoxy groups -OCH3 is 1. The molecule has 4 nitrogen and oxygen atoms in total. The summed E-state index contributed by atoms with van der Waals surface area (Å²) in [6.45, 7) is 2.90. The second-order valence-electron chi connectivity index (χ2n) is 4.39. The average Bonchev–Trinajstić information content (AvgIpc) is 2.60. The Morgan fingerprint density at radius 3 is 3.06 bits per heavy atom. The van der Waals surface area contributed by atoms with Crippen molar-refractivity contribution in [3.8, 4) is 5.75 Å². The fourth-order valence-electron chi connectivity index (χ4n) is 2.19. The maximum Gasteiger partial charge on any atom is 0.310 e. The summed E-state index contributed by atoms with van der Waals surface area (Å²) >= 11 is 0. The first-order valence-corrected chi connectivity index (χ1v) is 6.32. The molecular formula is C14H19NO3. The first-order chi connectivity index (χ1) is 8.74. The van der Waals surface area contributed by atoms with Crippen LogP contribution >= 0.6 is 0 Å². The Morgan fingerprint density at radius 2 is 2.33 bits per heavy atom. The summed E-state index contributed by atoms with van der Waals surface area (Å²) in [5.74, 6) is 0.656. The minimum Gasteiger partial charge on any atom is -0.497 e. The molecule has 1 atom stereocenters. The molecule has 0 spiro atoms. The number of anilines is 1. The molecule has 0 amide bonds. The van der Waals surface area contributed by atoms with Gasteiger partial charge in [0.1, 0.15) is 5.75 Å². The van der Waals surface area contributed by atoms with E-state index in [9.17, 15) is 4.79 Å². The van der Waals surface area contributed by atoms with Gasteiger partial charge >= 0.3 is 5.97 Å². The van der Waals surface area contributed by atoms with Crippen molar-refractivity contribution in [1.29, 1.82) is 0 Å². The van der Waals surface area contributed by atoms with Gasteiger partial charge in [0, 0.05) is 18.3 Å². The van der Waals surface area contributed by atoms with Crippen molar-refractivity contribution < 1.29 is 14.3 Å². The lowest BCUT2D eigenvalue weighted by Gasteiger charge is -2.13. The Hall–Kier alpha value is -1.71. The molecule has 4 heteroatoms. The van der Waals surface area contributed by atoms with Crippen LogP contribution in [-0.4, -0.2) is 26.2 Å². The van der Waals surface area contributed by atoms with E-state index < -0.39 is 0 Å². The van der Waals surface area contributed by atoms with E-state index in [1.807, 2.05) is 19.1 Å². The standard InChI is InChI=1S/C14H19NO3/c1-3-18-14(16)11-5-4-10-6-7-12(17-2)8-13(10)15-9-11/h6-8,11,15H,3-5,9H2,1-2H3. The number of fused-ring (bicyclic) bond motifs is 1. The van der Waals surface area contributed by atoms with Gasteiger partial charge in [0.25, 0.3) is 0 Å². The Labute approximate surface area is 107 Å². The van der Waals surface area contributed by atoms with Crippen molar-refractivity contribution in [2.75, 3.05) is 25.6 Å². The number of esters is 1. The number of carbonyl (C=O) groups is 1. The molecule has 1 heterocycles. The largest absolute Gasteiger partial charge is 0.497 e. The van der Waals surface area contributed by atoms with Crippen LogP contribution in [0.2, 0.25) is 0 Å². The molecular weight excluding hydrogens is 230 g/mol. The summed E-state index contributed by atoms with van der Waals surface area (Å²) in [7, 11) is 1.65. The lowest BCUT2D eigenvalue weighted by Crippen LogP contribution is -2.24. The first kappa shape index (κ1) is 12.7. The fourth-order valence-corrected chi connectivity index (χ4v) is 2.19.